The number of para-hydroxylation sites is 1. The van der Waals surface area contributed by atoms with Crippen LogP contribution in [-0.2, 0) is 11.8 Å². The van der Waals surface area contributed by atoms with Crippen LogP contribution >= 0.6 is 0 Å². The SMILES string of the molecule is COCCN1C[C@@H](NC(=O)Nc2c(C)c(-c3ccc(=O)n(C)c3)nn2-c2ccccc2)[C@H](c2ccc(F)cc2)C1. The van der Waals surface area contributed by atoms with Gasteiger partial charge < -0.3 is 14.6 Å². The van der Waals surface area contributed by atoms with Crippen molar-refractivity contribution in [2.45, 2.75) is 18.9 Å². The third kappa shape index (κ3) is 5.83. The van der Waals surface area contributed by atoms with Crippen molar-refractivity contribution in [3.05, 3.63) is 100 Å². The first kappa shape index (κ1) is 27.3. The summed E-state index contributed by atoms with van der Waals surface area (Å²) in [6.07, 6.45) is 1.73. The van der Waals surface area contributed by atoms with Crippen LogP contribution in [0.15, 0.2) is 77.7 Å². The van der Waals surface area contributed by atoms with E-state index in [0.29, 0.717) is 24.7 Å². The Morgan fingerprint density at radius 1 is 1.07 bits per heavy atom. The van der Waals surface area contributed by atoms with Gasteiger partial charge in [0.1, 0.15) is 11.6 Å². The maximum atomic E-state index is 13.6. The van der Waals surface area contributed by atoms with E-state index in [9.17, 15) is 14.0 Å². The molecule has 40 heavy (non-hydrogen) atoms. The Morgan fingerprint density at radius 3 is 2.52 bits per heavy atom. The Bertz CT molecular complexity index is 1530. The zero-order valence-corrected chi connectivity index (χ0v) is 22.8. The quantitative estimate of drug-likeness (QED) is 0.351. The molecular weight excluding hydrogens is 511 g/mol. The van der Waals surface area contributed by atoms with E-state index in [2.05, 4.69) is 15.5 Å². The van der Waals surface area contributed by atoms with E-state index in [1.807, 2.05) is 37.3 Å². The monoisotopic (exact) mass is 544 g/mol. The number of hydrogen-bond donors (Lipinski definition) is 2. The molecule has 208 valence electrons. The molecular formula is C30H33FN6O3. The number of amides is 2. The second kappa shape index (κ2) is 11.8. The molecule has 0 aliphatic carbocycles. The first-order valence-corrected chi connectivity index (χ1v) is 13.2. The van der Waals surface area contributed by atoms with Crippen molar-refractivity contribution in [1.82, 2.24) is 24.6 Å². The lowest BCUT2D eigenvalue weighted by Crippen LogP contribution is -2.42. The number of likely N-dealkylation sites (tertiary alicyclic amines) is 1. The van der Waals surface area contributed by atoms with Gasteiger partial charge in [-0.2, -0.15) is 5.10 Å². The summed E-state index contributed by atoms with van der Waals surface area (Å²) in [6, 6.07) is 18.7. The van der Waals surface area contributed by atoms with Crippen molar-refractivity contribution in [3.8, 4) is 16.9 Å². The number of urea groups is 1. The predicted molar refractivity (Wildman–Crippen MR) is 152 cm³/mol. The second-order valence-electron chi connectivity index (χ2n) is 10.1. The molecule has 2 amide bonds. The average Bonchev–Trinajstić information content (AvgIpc) is 3.50. The molecule has 3 heterocycles. The molecule has 2 atom stereocenters. The summed E-state index contributed by atoms with van der Waals surface area (Å²) in [5.74, 6) is 0.226. The summed E-state index contributed by atoms with van der Waals surface area (Å²) in [6.45, 7) is 4.57. The van der Waals surface area contributed by atoms with Crippen LogP contribution in [-0.4, -0.2) is 64.7 Å². The minimum atomic E-state index is -0.363. The van der Waals surface area contributed by atoms with Gasteiger partial charge in [0, 0.05) is 63.1 Å². The first-order valence-electron chi connectivity index (χ1n) is 13.2. The van der Waals surface area contributed by atoms with Crippen LogP contribution in [0.25, 0.3) is 16.9 Å². The van der Waals surface area contributed by atoms with Crippen molar-refractivity contribution in [1.29, 1.82) is 0 Å². The summed E-state index contributed by atoms with van der Waals surface area (Å²) in [4.78, 5) is 27.7. The van der Waals surface area contributed by atoms with Crippen molar-refractivity contribution in [2.24, 2.45) is 7.05 Å². The van der Waals surface area contributed by atoms with Crippen LogP contribution in [0.4, 0.5) is 15.0 Å². The molecule has 1 fully saturated rings. The number of rotatable bonds is 8. The molecule has 0 unspecified atom stereocenters. The van der Waals surface area contributed by atoms with Gasteiger partial charge in [0.2, 0.25) is 5.56 Å². The van der Waals surface area contributed by atoms with Crippen LogP contribution in [0, 0.1) is 12.7 Å². The van der Waals surface area contributed by atoms with Crippen LogP contribution in [0.2, 0.25) is 0 Å². The number of nitrogens with zero attached hydrogens (tertiary/aromatic N) is 4. The number of hydrogen-bond acceptors (Lipinski definition) is 5. The largest absolute Gasteiger partial charge is 0.383 e. The highest BCUT2D eigenvalue weighted by Gasteiger charge is 2.35. The summed E-state index contributed by atoms with van der Waals surface area (Å²) >= 11 is 0. The lowest BCUT2D eigenvalue weighted by Gasteiger charge is -2.21. The normalized spacial score (nSPS) is 17.2. The van der Waals surface area contributed by atoms with Crippen LogP contribution in [0.1, 0.15) is 17.0 Å². The van der Waals surface area contributed by atoms with Gasteiger partial charge in [-0.1, -0.05) is 30.3 Å². The van der Waals surface area contributed by atoms with Crippen molar-refractivity contribution >= 4 is 11.8 Å². The number of methoxy groups -OCH3 is 1. The molecule has 2 aromatic carbocycles. The number of anilines is 1. The fraction of sp³-hybridized carbons (Fsp3) is 0.300. The van der Waals surface area contributed by atoms with E-state index in [4.69, 9.17) is 9.84 Å². The molecule has 1 aliphatic rings. The highest BCUT2D eigenvalue weighted by Crippen LogP contribution is 2.31. The Hall–Kier alpha value is -4.28. The number of halogens is 1. The van der Waals surface area contributed by atoms with Crippen LogP contribution in [0.5, 0.6) is 0 Å². The van der Waals surface area contributed by atoms with Gasteiger partial charge in [-0.3, -0.25) is 15.0 Å². The number of aryl methyl sites for hydroxylation is 1. The molecule has 0 spiro atoms. The predicted octanol–water partition coefficient (Wildman–Crippen LogP) is 3.92. The Kier molecular flexibility index (Phi) is 8.09. The molecule has 9 nitrogen and oxygen atoms in total. The van der Waals surface area contributed by atoms with Crippen molar-refractivity contribution in [3.63, 3.8) is 0 Å². The van der Waals surface area contributed by atoms with E-state index in [-0.39, 0.29) is 29.4 Å². The number of pyridine rings is 1. The Balaban J connectivity index is 1.43. The van der Waals surface area contributed by atoms with E-state index in [1.165, 1.54) is 22.8 Å². The number of carbonyl (C=O) groups is 1. The van der Waals surface area contributed by atoms with E-state index >= 15 is 0 Å². The summed E-state index contributed by atoms with van der Waals surface area (Å²) in [5.41, 5.74) is 3.82. The molecule has 0 radical (unpaired) electrons. The third-order valence-electron chi connectivity index (χ3n) is 7.34. The average molecular weight is 545 g/mol. The standard InChI is InChI=1S/C30H33FN6O3/c1-20-28(22-11-14-27(38)35(2)17-22)34-37(24-7-5-4-6-8-24)29(20)33-30(39)32-26-19-36(15-16-40-3)18-25(26)21-9-12-23(31)13-10-21/h4-14,17,25-26H,15-16,18-19H2,1-3H3,(H2,32,33,39)/t25-,26+/m0/s1. The number of carbonyl (C=O) groups excluding carboxylic acids is 1. The number of aromatic nitrogens is 3. The molecule has 1 aliphatic heterocycles. The van der Waals surface area contributed by atoms with Gasteiger partial charge in [-0.25, -0.2) is 13.9 Å². The topological polar surface area (TPSA) is 93.4 Å². The summed E-state index contributed by atoms with van der Waals surface area (Å²) < 4.78 is 22.1. The molecule has 4 aromatic rings. The lowest BCUT2D eigenvalue weighted by atomic mass is 9.94. The summed E-state index contributed by atoms with van der Waals surface area (Å²) in [7, 11) is 3.36. The van der Waals surface area contributed by atoms with Crippen LogP contribution in [0.3, 0.4) is 0 Å². The first-order chi connectivity index (χ1) is 19.3. The summed E-state index contributed by atoms with van der Waals surface area (Å²) in [5, 5.41) is 11.0. The van der Waals surface area contributed by atoms with Gasteiger partial charge >= 0.3 is 6.03 Å². The second-order valence-corrected chi connectivity index (χ2v) is 10.1. The van der Waals surface area contributed by atoms with Gasteiger partial charge in [0.25, 0.3) is 0 Å². The van der Waals surface area contributed by atoms with Gasteiger partial charge in [0.05, 0.1) is 24.0 Å². The highest BCUT2D eigenvalue weighted by molar-refractivity contribution is 5.91. The number of benzene rings is 2. The molecule has 10 heteroatoms. The molecule has 5 rings (SSSR count). The Morgan fingerprint density at radius 2 is 1.82 bits per heavy atom. The minimum absolute atomic E-state index is 0.00972. The smallest absolute Gasteiger partial charge is 0.320 e. The molecule has 0 bridgehead atoms. The molecule has 2 N–H and O–H groups in total. The molecule has 2 aromatic heterocycles. The van der Waals surface area contributed by atoms with Gasteiger partial charge in [0.15, 0.2) is 0 Å². The van der Waals surface area contributed by atoms with Crippen LogP contribution < -0.4 is 16.2 Å². The van der Waals surface area contributed by atoms with E-state index < -0.39 is 0 Å². The zero-order chi connectivity index (χ0) is 28.2. The maximum Gasteiger partial charge on any atom is 0.320 e. The minimum Gasteiger partial charge on any atom is -0.383 e. The molecule has 0 saturated carbocycles. The highest BCUT2D eigenvalue weighted by atomic mass is 19.1. The number of ether oxygens (including phenoxy) is 1. The maximum absolute atomic E-state index is 13.6. The zero-order valence-electron chi connectivity index (χ0n) is 22.8. The lowest BCUT2D eigenvalue weighted by molar-refractivity contribution is 0.159. The van der Waals surface area contributed by atoms with E-state index in [1.54, 1.807) is 43.2 Å². The fourth-order valence-electron chi connectivity index (χ4n) is 5.20. The van der Waals surface area contributed by atoms with E-state index in [0.717, 1.165) is 35.5 Å². The third-order valence-corrected chi connectivity index (χ3v) is 7.34. The van der Waals surface area contributed by atoms with Crippen molar-refractivity contribution in [2.75, 3.05) is 38.7 Å². The Labute approximate surface area is 232 Å². The van der Waals surface area contributed by atoms with Gasteiger partial charge in [-0.15, -0.1) is 0 Å². The molecule has 1 saturated heterocycles. The van der Waals surface area contributed by atoms with Crippen molar-refractivity contribution < 1.29 is 13.9 Å². The fourth-order valence-corrected chi connectivity index (χ4v) is 5.20. The van der Waals surface area contributed by atoms with Gasteiger partial charge in [-0.05, 0) is 42.8 Å². The number of nitrogens with one attached hydrogen (secondary N) is 2.